The predicted molar refractivity (Wildman–Crippen MR) is 85.1 cm³/mol. The molecule has 2 unspecified atom stereocenters. The van der Waals surface area contributed by atoms with Gasteiger partial charge in [-0.3, -0.25) is 5.43 Å². The summed E-state index contributed by atoms with van der Waals surface area (Å²) in [7, 11) is 0. The van der Waals surface area contributed by atoms with Crippen LogP contribution in [0, 0.1) is 6.92 Å². The van der Waals surface area contributed by atoms with E-state index in [-0.39, 0.29) is 0 Å². The van der Waals surface area contributed by atoms with Gasteiger partial charge in [0.25, 0.3) is 0 Å². The highest BCUT2D eigenvalue weighted by molar-refractivity contribution is 7.80. The molecule has 2 atom stereocenters. The largest absolute Gasteiger partial charge is 0.332 e. The second kappa shape index (κ2) is 6.35. The number of rotatable bonds is 2. The standard InChI is InChI=1S/C15H23N3S/c1-11-7-9-14(10-8-11)16-15(19)17-18-12(2)5-4-6-13(18)3/h7-10,12-13H,4-6H2,1-3H3,(H2,16,17,19). The fraction of sp³-hybridized carbons (Fsp3) is 0.533. The Morgan fingerprint density at radius 1 is 1.16 bits per heavy atom. The van der Waals surface area contributed by atoms with E-state index in [0.29, 0.717) is 17.2 Å². The lowest BCUT2D eigenvalue weighted by molar-refractivity contribution is 0.0750. The van der Waals surface area contributed by atoms with Crippen LogP contribution in [0.4, 0.5) is 5.69 Å². The van der Waals surface area contributed by atoms with Crippen molar-refractivity contribution in [2.24, 2.45) is 0 Å². The van der Waals surface area contributed by atoms with E-state index in [4.69, 9.17) is 12.2 Å². The molecule has 1 aliphatic heterocycles. The van der Waals surface area contributed by atoms with Crippen LogP contribution in [0.15, 0.2) is 24.3 Å². The second-order valence-electron chi connectivity index (χ2n) is 5.47. The molecule has 0 amide bonds. The number of nitrogens with one attached hydrogen (secondary N) is 2. The van der Waals surface area contributed by atoms with E-state index >= 15 is 0 Å². The summed E-state index contributed by atoms with van der Waals surface area (Å²) in [6.45, 7) is 6.58. The Balaban J connectivity index is 1.91. The number of aryl methyl sites for hydroxylation is 1. The second-order valence-corrected chi connectivity index (χ2v) is 5.88. The maximum Gasteiger partial charge on any atom is 0.185 e. The molecule has 4 heteroatoms. The summed E-state index contributed by atoms with van der Waals surface area (Å²) in [5, 5.41) is 6.18. The van der Waals surface area contributed by atoms with Crippen molar-refractivity contribution in [2.45, 2.75) is 52.1 Å². The lowest BCUT2D eigenvalue weighted by atomic mass is 10.00. The maximum atomic E-state index is 5.39. The number of nitrogens with zero attached hydrogens (tertiary/aromatic N) is 1. The van der Waals surface area contributed by atoms with Crippen molar-refractivity contribution in [3.05, 3.63) is 29.8 Å². The molecule has 1 heterocycles. The molecule has 1 aromatic rings. The van der Waals surface area contributed by atoms with Gasteiger partial charge in [0, 0.05) is 17.8 Å². The quantitative estimate of drug-likeness (QED) is 0.810. The Bertz CT molecular complexity index is 420. The highest BCUT2D eigenvalue weighted by Gasteiger charge is 2.25. The zero-order valence-corrected chi connectivity index (χ0v) is 12.8. The van der Waals surface area contributed by atoms with Gasteiger partial charge >= 0.3 is 0 Å². The fourth-order valence-corrected chi connectivity index (χ4v) is 2.78. The molecule has 1 saturated heterocycles. The topological polar surface area (TPSA) is 27.3 Å². The molecule has 0 spiro atoms. The Morgan fingerprint density at radius 2 is 1.74 bits per heavy atom. The zero-order valence-electron chi connectivity index (χ0n) is 11.9. The predicted octanol–water partition coefficient (Wildman–Crippen LogP) is 3.46. The van der Waals surface area contributed by atoms with Crippen LogP contribution in [0.2, 0.25) is 0 Å². The van der Waals surface area contributed by atoms with Gasteiger partial charge in [0.2, 0.25) is 0 Å². The van der Waals surface area contributed by atoms with Crippen molar-refractivity contribution < 1.29 is 0 Å². The molecule has 1 aliphatic rings. The fourth-order valence-electron chi connectivity index (χ4n) is 2.55. The van der Waals surface area contributed by atoms with Gasteiger partial charge in [0.15, 0.2) is 5.11 Å². The smallest absolute Gasteiger partial charge is 0.185 e. The van der Waals surface area contributed by atoms with E-state index in [2.05, 4.69) is 48.7 Å². The van der Waals surface area contributed by atoms with Gasteiger partial charge in [-0.15, -0.1) is 0 Å². The molecule has 1 aromatic carbocycles. The highest BCUT2D eigenvalue weighted by atomic mass is 32.1. The van der Waals surface area contributed by atoms with Gasteiger partial charge < -0.3 is 5.32 Å². The first-order valence-electron chi connectivity index (χ1n) is 6.99. The first kappa shape index (κ1) is 14.3. The van der Waals surface area contributed by atoms with E-state index < -0.39 is 0 Å². The molecule has 3 nitrogen and oxygen atoms in total. The third-order valence-corrected chi connectivity index (χ3v) is 3.93. The molecule has 0 saturated carbocycles. The van der Waals surface area contributed by atoms with E-state index in [1.807, 2.05) is 12.1 Å². The Labute approximate surface area is 121 Å². The summed E-state index contributed by atoms with van der Waals surface area (Å²) in [5.74, 6) is 0. The number of hydrogen-bond acceptors (Lipinski definition) is 2. The van der Waals surface area contributed by atoms with Gasteiger partial charge in [0.1, 0.15) is 0 Å². The van der Waals surface area contributed by atoms with Crippen molar-refractivity contribution in [3.63, 3.8) is 0 Å². The summed E-state index contributed by atoms with van der Waals surface area (Å²) in [6.07, 6.45) is 3.76. The minimum absolute atomic E-state index is 0.529. The Morgan fingerprint density at radius 3 is 2.32 bits per heavy atom. The monoisotopic (exact) mass is 277 g/mol. The molecular weight excluding hydrogens is 254 g/mol. The van der Waals surface area contributed by atoms with Gasteiger partial charge in [-0.25, -0.2) is 5.01 Å². The van der Waals surface area contributed by atoms with E-state index in [1.54, 1.807) is 0 Å². The SMILES string of the molecule is Cc1ccc(NC(=S)NN2C(C)CCCC2C)cc1. The van der Waals surface area contributed by atoms with Gasteiger partial charge in [0.05, 0.1) is 0 Å². The minimum atomic E-state index is 0.529. The van der Waals surface area contributed by atoms with Gasteiger partial charge in [-0.05, 0) is 58.0 Å². The lowest BCUT2D eigenvalue weighted by Gasteiger charge is -2.39. The molecule has 0 bridgehead atoms. The first-order valence-corrected chi connectivity index (χ1v) is 7.39. The molecule has 19 heavy (non-hydrogen) atoms. The number of hydrogen-bond donors (Lipinski definition) is 2. The molecule has 104 valence electrons. The average Bonchev–Trinajstić information content (AvgIpc) is 2.37. The number of piperidine rings is 1. The van der Waals surface area contributed by atoms with Crippen molar-refractivity contribution in [2.75, 3.05) is 5.32 Å². The lowest BCUT2D eigenvalue weighted by Crippen LogP contribution is -2.55. The summed E-state index contributed by atoms with van der Waals surface area (Å²) in [6, 6.07) is 9.32. The normalized spacial score (nSPS) is 23.9. The Hall–Kier alpha value is -1.13. The van der Waals surface area contributed by atoms with Crippen LogP contribution in [-0.2, 0) is 0 Å². The van der Waals surface area contributed by atoms with Crippen molar-refractivity contribution in [1.82, 2.24) is 10.4 Å². The number of anilines is 1. The molecule has 0 aromatic heterocycles. The van der Waals surface area contributed by atoms with Crippen LogP contribution in [0.5, 0.6) is 0 Å². The molecule has 0 radical (unpaired) electrons. The molecule has 1 fully saturated rings. The van der Waals surface area contributed by atoms with E-state index in [1.165, 1.54) is 24.8 Å². The van der Waals surface area contributed by atoms with Crippen LogP contribution in [0.3, 0.4) is 0 Å². The minimum Gasteiger partial charge on any atom is -0.332 e. The number of hydrazine groups is 1. The van der Waals surface area contributed by atoms with Crippen LogP contribution < -0.4 is 10.7 Å². The van der Waals surface area contributed by atoms with E-state index in [0.717, 1.165) is 5.69 Å². The van der Waals surface area contributed by atoms with Gasteiger partial charge in [-0.1, -0.05) is 24.1 Å². The maximum absolute atomic E-state index is 5.39. The average molecular weight is 277 g/mol. The summed E-state index contributed by atoms with van der Waals surface area (Å²) < 4.78 is 0. The Kier molecular flexibility index (Phi) is 4.77. The molecule has 2 rings (SSSR count). The van der Waals surface area contributed by atoms with Crippen LogP contribution >= 0.6 is 12.2 Å². The van der Waals surface area contributed by atoms with Crippen LogP contribution in [0.25, 0.3) is 0 Å². The number of thiocarbonyl (C=S) groups is 1. The van der Waals surface area contributed by atoms with Crippen molar-refractivity contribution >= 4 is 23.0 Å². The van der Waals surface area contributed by atoms with Crippen LogP contribution in [0.1, 0.15) is 38.7 Å². The highest BCUT2D eigenvalue weighted by Crippen LogP contribution is 2.20. The molecular formula is C15H23N3S. The van der Waals surface area contributed by atoms with Crippen LogP contribution in [-0.4, -0.2) is 22.2 Å². The third-order valence-electron chi connectivity index (χ3n) is 3.73. The van der Waals surface area contributed by atoms with Gasteiger partial charge in [-0.2, -0.15) is 0 Å². The number of benzene rings is 1. The summed E-state index contributed by atoms with van der Waals surface area (Å²) in [4.78, 5) is 0. The third kappa shape index (κ3) is 3.91. The summed E-state index contributed by atoms with van der Waals surface area (Å²) in [5.41, 5.74) is 5.62. The molecule has 0 aliphatic carbocycles. The van der Waals surface area contributed by atoms with Crippen molar-refractivity contribution in [1.29, 1.82) is 0 Å². The van der Waals surface area contributed by atoms with Crippen molar-refractivity contribution in [3.8, 4) is 0 Å². The first-order chi connectivity index (χ1) is 9.06. The zero-order chi connectivity index (χ0) is 13.8. The summed E-state index contributed by atoms with van der Waals surface area (Å²) >= 11 is 5.39. The molecule has 2 N–H and O–H groups in total. The van der Waals surface area contributed by atoms with E-state index in [9.17, 15) is 0 Å².